The first-order chi connectivity index (χ1) is 7.63. The lowest BCUT2D eigenvalue weighted by Gasteiger charge is -2.27. The minimum absolute atomic E-state index is 0.107. The van der Waals surface area contributed by atoms with Crippen LogP contribution < -0.4 is 10.6 Å². The van der Waals surface area contributed by atoms with Crippen molar-refractivity contribution in [3.63, 3.8) is 0 Å². The van der Waals surface area contributed by atoms with Crippen molar-refractivity contribution in [2.75, 3.05) is 6.54 Å². The van der Waals surface area contributed by atoms with Crippen LogP contribution in [0, 0.1) is 0 Å². The van der Waals surface area contributed by atoms with Gasteiger partial charge >= 0.3 is 0 Å². The smallest absolute Gasteiger partial charge is 0.250 e. The van der Waals surface area contributed by atoms with Gasteiger partial charge in [-0.05, 0) is 12.5 Å². The molecule has 0 spiro atoms. The van der Waals surface area contributed by atoms with Crippen molar-refractivity contribution < 1.29 is 9.59 Å². The Kier molecular flexibility index (Phi) is 2.64. The molecule has 1 heterocycles. The summed E-state index contributed by atoms with van der Waals surface area (Å²) in [7, 11) is 0. The summed E-state index contributed by atoms with van der Waals surface area (Å²) in [6.07, 6.45) is 0.328. The molecule has 1 aromatic rings. The van der Waals surface area contributed by atoms with Crippen LogP contribution in [0.2, 0.25) is 0 Å². The minimum atomic E-state index is -0.963. The van der Waals surface area contributed by atoms with Crippen LogP contribution in [-0.2, 0) is 15.1 Å². The Hall–Kier alpha value is -1.84. The van der Waals surface area contributed by atoms with Crippen molar-refractivity contribution in [2.24, 2.45) is 0 Å². The second kappa shape index (κ2) is 3.96. The van der Waals surface area contributed by atoms with Gasteiger partial charge in [0.25, 0.3) is 0 Å². The molecule has 16 heavy (non-hydrogen) atoms. The van der Waals surface area contributed by atoms with Gasteiger partial charge in [0.2, 0.25) is 11.8 Å². The van der Waals surface area contributed by atoms with Crippen molar-refractivity contribution in [3.05, 3.63) is 35.9 Å². The molecule has 1 aliphatic heterocycles. The Morgan fingerprint density at radius 1 is 1.19 bits per heavy atom. The third-order valence-corrected chi connectivity index (χ3v) is 2.83. The number of hydrogen-bond acceptors (Lipinski definition) is 2. The van der Waals surface area contributed by atoms with Crippen molar-refractivity contribution in [3.8, 4) is 0 Å². The average Bonchev–Trinajstić information content (AvgIpc) is 2.41. The zero-order valence-corrected chi connectivity index (χ0v) is 9.12. The molecule has 2 N–H and O–H groups in total. The molecule has 1 fully saturated rings. The summed E-state index contributed by atoms with van der Waals surface area (Å²) in [4.78, 5) is 23.5. The molecule has 0 radical (unpaired) electrons. The second-order valence-corrected chi connectivity index (χ2v) is 4.05. The molecule has 2 rings (SSSR count). The molecule has 0 aromatic heterocycles. The summed E-state index contributed by atoms with van der Waals surface area (Å²) in [5.74, 6) is -0.269. The van der Waals surface area contributed by atoms with E-state index in [4.69, 9.17) is 0 Å². The summed E-state index contributed by atoms with van der Waals surface area (Å²) >= 11 is 0. The van der Waals surface area contributed by atoms with E-state index in [1.807, 2.05) is 30.3 Å². The maximum atomic E-state index is 12.0. The predicted octanol–water partition coefficient (Wildman–Crippen LogP) is 0.538. The van der Waals surface area contributed by atoms with Crippen LogP contribution in [0.5, 0.6) is 0 Å². The Morgan fingerprint density at radius 3 is 2.56 bits per heavy atom. The molecule has 1 saturated heterocycles. The van der Waals surface area contributed by atoms with Gasteiger partial charge in [0.1, 0.15) is 5.54 Å². The number of amides is 2. The maximum Gasteiger partial charge on any atom is 0.250 e. The van der Waals surface area contributed by atoms with Gasteiger partial charge < -0.3 is 10.6 Å². The van der Waals surface area contributed by atoms with E-state index in [0.717, 1.165) is 5.56 Å². The number of carbonyl (C=O) groups is 2. The first-order valence-electron chi connectivity index (χ1n) is 5.28. The quantitative estimate of drug-likeness (QED) is 0.722. The summed E-state index contributed by atoms with van der Waals surface area (Å²) in [5, 5.41) is 5.51. The van der Waals surface area contributed by atoms with Crippen molar-refractivity contribution in [1.29, 1.82) is 0 Å². The van der Waals surface area contributed by atoms with E-state index in [0.29, 0.717) is 13.0 Å². The molecule has 0 bridgehead atoms. The number of hydrogen-bond donors (Lipinski definition) is 2. The van der Waals surface area contributed by atoms with Crippen LogP contribution in [0.25, 0.3) is 0 Å². The molecule has 1 aromatic carbocycles. The van der Waals surface area contributed by atoms with Crippen LogP contribution in [0.4, 0.5) is 0 Å². The van der Waals surface area contributed by atoms with Gasteiger partial charge in [-0.2, -0.15) is 0 Å². The lowest BCUT2D eigenvalue weighted by Crippen LogP contribution is -2.51. The molecule has 2 amide bonds. The van der Waals surface area contributed by atoms with E-state index in [2.05, 4.69) is 10.6 Å². The van der Waals surface area contributed by atoms with Gasteiger partial charge in [-0.1, -0.05) is 30.3 Å². The maximum absolute atomic E-state index is 12.0. The molecule has 1 aliphatic rings. The Bertz CT molecular complexity index is 416. The van der Waals surface area contributed by atoms with E-state index in [9.17, 15) is 9.59 Å². The fourth-order valence-electron chi connectivity index (χ4n) is 1.84. The van der Waals surface area contributed by atoms with E-state index in [1.54, 1.807) is 6.92 Å². The third kappa shape index (κ3) is 1.78. The normalized spacial score (nSPS) is 25.6. The molecule has 1 unspecified atom stereocenters. The van der Waals surface area contributed by atoms with Gasteiger partial charge in [0.05, 0.1) is 0 Å². The van der Waals surface area contributed by atoms with Crippen molar-refractivity contribution in [2.45, 2.75) is 18.9 Å². The SMILES string of the molecule is CC1(c2ccccc2)NC(=O)CCNC1=O. The topological polar surface area (TPSA) is 58.2 Å². The zero-order valence-electron chi connectivity index (χ0n) is 9.12. The first-order valence-corrected chi connectivity index (χ1v) is 5.28. The predicted molar refractivity (Wildman–Crippen MR) is 59.6 cm³/mol. The minimum Gasteiger partial charge on any atom is -0.353 e. The van der Waals surface area contributed by atoms with Crippen molar-refractivity contribution >= 4 is 11.8 Å². The lowest BCUT2D eigenvalue weighted by molar-refractivity contribution is -0.130. The van der Waals surface area contributed by atoms with E-state index >= 15 is 0 Å². The van der Waals surface area contributed by atoms with Crippen molar-refractivity contribution in [1.82, 2.24) is 10.6 Å². The Balaban J connectivity index is 2.41. The highest BCUT2D eigenvalue weighted by atomic mass is 16.2. The molecule has 4 heteroatoms. The standard InChI is InChI=1S/C12H14N2O2/c1-12(9-5-3-2-4-6-9)11(16)13-8-7-10(15)14-12/h2-6H,7-8H2,1H3,(H,13,16)(H,14,15). The molecular formula is C12H14N2O2. The summed E-state index contributed by atoms with van der Waals surface area (Å²) in [6, 6.07) is 9.26. The van der Waals surface area contributed by atoms with E-state index in [-0.39, 0.29) is 11.8 Å². The van der Waals surface area contributed by atoms with Gasteiger partial charge in [-0.25, -0.2) is 0 Å². The molecule has 84 valence electrons. The molecule has 0 saturated carbocycles. The van der Waals surface area contributed by atoms with Crippen LogP contribution in [-0.4, -0.2) is 18.4 Å². The molecule has 1 atom stereocenters. The van der Waals surface area contributed by atoms with Crippen LogP contribution in [0.1, 0.15) is 18.9 Å². The summed E-state index contributed by atoms with van der Waals surface area (Å²) in [5.41, 5.74) is -0.169. The highest BCUT2D eigenvalue weighted by Gasteiger charge is 2.38. The molecule has 0 aliphatic carbocycles. The van der Waals surface area contributed by atoms with Crippen LogP contribution in [0.3, 0.4) is 0 Å². The molecule has 4 nitrogen and oxygen atoms in total. The number of nitrogens with one attached hydrogen (secondary N) is 2. The van der Waals surface area contributed by atoms with Crippen LogP contribution >= 0.6 is 0 Å². The first kappa shape index (κ1) is 10.7. The largest absolute Gasteiger partial charge is 0.353 e. The van der Waals surface area contributed by atoms with Crippen LogP contribution in [0.15, 0.2) is 30.3 Å². The van der Waals surface area contributed by atoms with Gasteiger partial charge in [0, 0.05) is 13.0 Å². The lowest BCUT2D eigenvalue weighted by atomic mass is 9.91. The fraction of sp³-hybridized carbons (Fsp3) is 0.333. The third-order valence-electron chi connectivity index (χ3n) is 2.83. The highest BCUT2D eigenvalue weighted by Crippen LogP contribution is 2.22. The number of benzene rings is 1. The van der Waals surface area contributed by atoms with Gasteiger partial charge in [0.15, 0.2) is 0 Å². The molecular weight excluding hydrogens is 204 g/mol. The monoisotopic (exact) mass is 218 g/mol. The fourth-order valence-corrected chi connectivity index (χ4v) is 1.84. The summed E-state index contributed by atoms with van der Waals surface area (Å²) < 4.78 is 0. The van der Waals surface area contributed by atoms with E-state index < -0.39 is 5.54 Å². The van der Waals surface area contributed by atoms with E-state index in [1.165, 1.54) is 0 Å². The number of rotatable bonds is 1. The highest BCUT2D eigenvalue weighted by molar-refractivity contribution is 5.94. The second-order valence-electron chi connectivity index (χ2n) is 4.05. The Labute approximate surface area is 94.0 Å². The Morgan fingerprint density at radius 2 is 1.88 bits per heavy atom. The number of carbonyl (C=O) groups excluding carboxylic acids is 2. The zero-order chi connectivity index (χ0) is 11.6. The van der Waals surface area contributed by atoms with Gasteiger partial charge in [-0.15, -0.1) is 0 Å². The average molecular weight is 218 g/mol. The summed E-state index contributed by atoms with van der Waals surface area (Å²) in [6.45, 7) is 2.12. The van der Waals surface area contributed by atoms with Gasteiger partial charge in [-0.3, -0.25) is 9.59 Å².